The van der Waals surface area contributed by atoms with Crippen LogP contribution < -0.4 is 0 Å². The van der Waals surface area contributed by atoms with Gasteiger partial charge in [-0.2, -0.15) is 0 Å². The summed E-state index contributed by atoms with van der Waals surface area (Å²) in [4.78, 5) is 0. The third kappa shape index (κ3) is 4.29. The Morgan fingerprint density at radius 1 is 0.962 bits per heavy atom. The first kappa shape index (κ1) is 21.3. The topological polar surface area (TPSA) is 158 Å². The van der Waals surface area contributed by atoms with Crippen LogP contribution in [0.4, 0.5) is 0 Å². The molecule has 26 heavy (non-hydrogen) atoms. The standard InChI is InChI=1S/C16H28O10/c1-3-5-23-15-13(22)14(10(19)7(4-2)24-15)26-16-12(21)11(20)9(18)8(6-17)25-16/h6-7,9-22H,3-5H2,1-2H3/b8-6+/t7-,9-,10-,11?,12+,13+,14+,15+,16-/m1/s1. The van der Waals surface area contributed by atoms with E-state index < -0.39 is 61.1 Å². The molecule has 6 N–H and O–H groups in total. The molecule has 2 aliphatic heterocycles. The highest BCUT2D eigenvalue weighted by molar-refractivity contribution is 5.06. The van der Waals surface area contributed by atoms with E-state index in [1.165, 1.54) is 0 Å². The molecule has 10 nitrogen and oxygen atoms in total. The highest BCUT2D eigenvalue weighted by Gasteiger charge is 2.50. The molecule has 2 heterocycles. The average Bonchev–Trinajstić information content (AvgIpc) is 2.64. The van der Waals surface area contributed by atoms with Crippen molar-refractivity contribution in [1.29, 1.82) is 0 Å². The van der Waals surface area contributed by atoms with E-state index in [1.54, 1.807) is 6.92 Å². The van der Waals surface area contributed by atoms with Gasteiger partial charge in [0.1, 0.15) is 42.9 Å². The molecule has 9 atom stereocenters. The molecule has 0 aromatic heterocycles. The first-order valence-electron chi connectivity index (χ1n) is 8.69. The van der Waals surface area contributed by atoms with Gasteiger partial charge in [0.2, 0.25) is 6.29 Å². The third-order valence-corrected chi connectivity index (χ3v) is 4.44. The van der Waals surface area contributed by atoms with Crippen LogP contribution in [0.3, 0.4) is 0 Å². The summed E-state index contributed by atoms with van der Waals surface area (Å²) in [5, 5.41) is 59.6. The molecule has 1 unspecified atom stereocenters. The minimum Gasteiger partial charge on any atom is -0.512 e. The van der Waals surface area contributed by atoms with Crippen LogP contribution >= 0.6 is 0 Å². The minimum atomic E-state index is -1.68. The van der Waals surface area contributed by atoms with E-state index in [2.05, 4.69) is 0 Å². The van der Waals surface area contributed by atoms with Gasteiger partial charge in [-0.3, -0.25) is 0 Å². The van der Waals surface area contributed by atoms with Gasteiger partial charge < -0.3 is 49.6 Å². The summed E-state index contributed by atoms with van der Waals surface area (Å²) in [7, 11) is 0. The van der Waals surface area contributed by atoms with Gasteiger partial charge in [0.05, 0.1) is 6.10 Å². The van der Waals surface area contributed by atoms with Crippen molar-refractivity contribution in [2.45, 2.75) is 82.0 Å². The molecule has 0 bridgehead atoms. The first-order valence-corrected chi connectivity index (χ1v) is 8.69. The van der Waals surface area contributed by atoms with Gasteiger partial charge in [-0.25, -0.2) is 0 Å². The molecule has 0 saturated carbocycles. The zero-order valence-electron chi connectivity index (χ0n) is 14.7. The van der Waals surface area contributed by atoms with Gasteiger partial charge in [0, 0.05) is 6.61 Å². The summed E-state index contributed by atoms with van der Waals surface area (Å²) >= 11 is 0. The van der Waals surface area contributed by atoms with Crippen LogP contribution in [0.15, 0.2) is 12.0 Å². The molecular formula is C16H28O10. The molecule has 0 amide bonds. The summed E-state index contributed by atoms with van der Waals surface area (Å²) in [5.74, 6) is -0.408. The van der Waals surface area contributed by atoms with E-state index in [9.17, 15) is 25.5 Å². The van der Waals surface area contributed by atoms with Crippen LogP contribution in [-0.2, 0) is 18.9 Å². The van der Waals surface area contributed by atoms with Crippen molar-refractivity contribution in [1.82, 2.24) is 0 Å². The fourth-order valence-electron chi connectivity index (χ4n) is 2.93. The van der Waals surface area contributed by atoms with Gasteiger partial charge in [0.25, 0.3) is 0 Å². The van der Waals surface area contributed by atoms with E-state index in [0.29, 0.717) is 25.7 Å². The van der Waals surface area contributed by atoms with Gasteiger partial charge in [0.15, 0.2) is 12.0 Å². The normalized spacial score (nSPS) is 45.5. The van der Waals surface area contributed by atoms with E-state index in [-0.39, 0.29) is 0 Å². The number of hydrogen-bond acceptors (Lipinski definition) is 10. The van der Waals surface area contributed by atoms with Crippen molar-refractivity contribution >= 4 is 0 Å². The van der Waals surface area contributed by atoms with Crippen LogP contribution in [0.2, 0.25) is 0 Å². The summed E-state index contributed by atoms with van der Waals surface area (Å²) in [6.45, 7) is 3.99. The molecule has 10 heteroatoms. The number of rotatable bonds is 6. The highest BCUT2D eigenvalue weighted by atomic mass is 16.7. The van der Waals surface area contributed by atoms with Crippen molar-refractivity contribution in [2.24, 2.45) is 0 Å². The minimum absolute atomic E-state index is 0.325. The lowest BCUT2D eigenvalue weighted by molar-refractivity contribution is -0.339. The molecule has 0 spiro atoms. The highest BCUT2D eigenvalue weighted by Crippen LogP contribution is 2.31. The molecule has 2 rings (SSSR count). The Labute approximate surface area is 151 Å². The second-order valence-electron chi connectivity index (χ2n) is 6.35. The van der Waals surface area contributed by atoms with Crippen molar-refractivity contribution in [3.63, 3.8) is 0 Å². The van der Waals surface area contributed by atoms with Crippen LogP contribution in [0.5, 0.6) is 0 Å². The van der Waals surface area contributed by atoms with Crippen LogP contribution in [0.1, 0.15) is 26.7 Å². The Balaban J connectivity index is 2.15. The van der Waals surface area contributed by atoms with Crippen molar-refractivity contribution in [3.05, 3.63) is 12.0 Å². The maximum Gasteiger partial charge on any atom is 0.229 e. The second kappa shape index (κ2) is 9.29. The Kier molecular flexibility index (Phi) is 7.62. The Hall–Kier alpha value is -0.980. The van der Waals surface area contributed by atoms with Gasteiger partial charge in [-0.1, -0.05) is 13.8 Å². The summed E-state index contributed by atoms with van der Waals surface area (Å²) in [5.41, 5.74) is 0. The molecular weight excluding hydrogens is 352 g/mol. The lowest BCUT2D eigenvalue weighted by Crippen LogP contribution is -2.62. The van der Waals surface area contributed by atoms with E-state index in [0.717, 1.165) is 0 Å². The summed E-state index contributed by atoms with van der Waals surface area (Å²) in [6, 6.07) is 0. The number of aliphatic hydroxyl groups is 6. The van der Waals surface area contributed by atoms with E-state index >= 15 is 0 Å². The zero-order valence-corrected chi connectivity index (χ0v) is 14.7. The van der Waals surface area contributed by atoms with E-state index in [4.69, 9.17) is 24.1 Å². The number of ether oxygens (including phenoxy) is 4. The fraction of sp³-hybridized carbons (Fsp3) is 0.875. The predicted octanol–water partition coefficient (Wildman–Crippen LogP) is -1.51. The summed E-state index contributed by atoms with van der Waals surface area (Å²) < 4.78 is 21.6. The van der Waals surface area contributed by atoms with Crippen molar-refractivity contribution in [3.8, 4) is 0 Å². The zero-order chi connectivity index (χ0) is 19.4. The molecule has 2 aliphatic rings. The largest absolute Gasteiger partial charge is 0.512 e. The molecule has 0 radical (unpaired) electrons. The predicted molar refractivity (Wildman–Crippen MR) is 85.7 cm³/mol. The van der Waals surface area contributed by atoms with Crippen molar-refractivity contribution < 1.29 is 49.6 Å². The maximum absolute atomic E-state index is 10.4. The van der Waals surface area contributed by atoms with Gasteiger partial charge in [-0.05, 0) is 12.8 Å². The number of aliphatic hydroxyl groups excluding tert-OH is 6. The third-order valence-electron chi connectivity index (χ3n) is 4.44. The maximum atomic E-state index is 10.4. The fourth-order valence-corrected chi connectivity index (χ4v) is 2.93. The molecule has 152 valence electrons. The van der Waals surface area contributed by atoms with Gasteiger partial charge >= 0.3 is 0 Å². The molecule has 0 aromatic carbocycles. The molecule has 0 aliphatic carbocycles. The lowest BCUT2D eigenvalue weighted by Gasteiger charge is -2.45. The monoisotopic (exact) mass is 380 g/mol. The van der Waals surface area contributed by atoms with Crippen LogP contribution in [0.25, 0.3) is 0 Å². The van der Waals surface area contributed by atoms with E-state index in [1.807, 2.05) is 6.92 Å². The van der Waals surface area contributed by atoms with Crippen LogP contribution in [-0.4, -0.2) is 92.6 Å². The Morgan fingerprint density at radius 3 is 2.23 bits per heavy atom. The quantitative estimate of drug-likeness (QED) is 0.299. The molecule has 2 saturated heterocycles. The average molecular weight is 380 g/mol. The lowest BCUT2D eigenvalue weighted by atomic mass is 9.96. The molecule has 0 aromatic rings. The Morgan fingerprint density at radius 2 is 1.65 bits per heavy atom. The summed E-state index contributed by atoms with van der Waals surface area (Å²) in [6.07, 6.45) is -10.6. The smallest absolute Gasteiger partial charge is 0.229 e. The second-order valence-corrected chi connectivity index (χ2v) is 6.35. The molecule has 2 fully saturated rings. The Bertz CT molecular complexity index is 472. The first-order chi connectivity index (χ1) is 12.3. The number of hydrogen-bond donors (Lipinski definition) is 6. The van der Waals surface area contributed by atoms with Crippen molar-refractivity contribution in [2.75, 3.05) is 6.61 Å². The SMILES string of the molecule is CCCO[C@H]1O[C@H](CC)[C@@H](O)[C@H](O[C@H]2O/C(=C/O)[C@@H](O)C(O)[C@@H]2O)[C@@H]1O. The van der Waals surface area contributed by atoms with Gasteiger partial charge in [-0.15, -0.1) is 0 Å². The van der Waals surface area contributed by atoms with Crippen LogP contribution in [0, 0.1) is 0 Å².